The molecule has 118 valence electrons. The molecule has 2 aromatic rings. The van der Waals surface area contributed by atoms with Gasteiger partial charge in [-0.15, -0.1) is 0 Å². The van der Waals surface area contributed by atoms with Gasteiger partial charge in [0.25, 0.3) is 0 Å². The maximum atomic E-state index is 12.1. The van der Waals surface area contributed by atoms with Crippen molar-refractivity contribution in [2.24, 2.45) is 5.92 Å². The first-order chi connectivity index (χ1) is 10.3. The van der Waals surface area contributed by atoms with Gasteiger partial charge in [0.2, 0.25) is 5.91 Å². The number of aryl methyl sites for hydroxylation is 2. The molecule has 22 heavy (non-hydrogen) atoms. The largest absolute Gasteiger partial charge is 0.360 e. The molecule has 0 saturated heterocycles. The summed E-state index contributed by atoms with van der Waals surface area (Å²) in [6.07, 6.45) is 0. The molecule has 1 amide bonds. The lowest BCUT2D eigenvalue weighted by atomic mass is 10.1. The van der Waals surface area contributed by atoms with Gasteiger partial charge in [-0.25, -0.2) is 0 Å². The summed E-state index contributed by atoms with van der Waals surface area (Å²) >= 11 is 0. The molecule has 1 N–H and O–H groups in total. The first-order valence-corrected chi connectivity index (χ1v) is 6.72. The van der Waals surface area contributed by atoms with Crippen molar-refractivity contribution in [2.75, 3.05) is 5.32 Å². The van der Waals surface area contributed by atoms with Crippen LogP contribution in [0, 0.1) is 36.8 Å². The van der Waals surface area contributed by atoms with Gasteiger partial charge < -0.3 is 9.84 Å². The fourth-order valence-corrected chi connectivity index (χ4v) is 2.15. The Balaban J connectivity index is 2.08. The zero-order chi connectivity index (χ0) is 16.4. The standard InChI is InChI=1S/C13H17N5O4/c1-7(13(19)14-11-5-8(2)22-16-11)6-17-10(4)12(18(20)21)9(3)15-17/h5,7H,6H2,1-4H3,(H,14,16,19)/t7-/m0/s1. The molecular formula is C13H17N5O4. The second-order valence-corrected chi connectivity index (χ2v) is 5.17. The zero-order valence-electron chi connectivity index (χ0n) is 12.8. The summed E-state index contributed by atoms with van der Waals surface area (Å²) in [5.41, 5.74) is 0.751. The molecule has 0 saturated carbocycles. The Labute approximate surface area is 126 Å². The third-order valence-corrected chi connectivity index (χ3v) is 3.30. The molecule has 0 unspecified atom stereocenters. The molecule has 2 aromatic heterocycles. The molecule has 0 fully saturated rings. The van der Waals surface area contributed by atoms with Crippen LogP contribution >= 0.6 is 0 Å². The molecule has 2 heterocycles. The Kier molecular flexibility index (Phi) is 4.25. The van der Waals surface area contributed by atoms with Crippen LogP contribution in [0.2, 0.25) is 0 Å². The highest BCUT2D eigenvalue weighted by molar-refractivity contribution is 5.91. The minimum atomic E-state index is -0.461. The fourth-order valence-electron chi connectivity index (χ4n) is 2.15. The van der Waals surface area contributed by atoms with Gasteiger partial charge in [-0.05, 0) is 20.8 Å². The molecule has 1 atom stereocenters. The van der Waals surface area contributed by atoms with E-state index in [2.05, 4.69) is 15.6 Å². The van der Waals surface area contributed by atoms with Crippen LogP contribution in [-0.4, -0.2) is 25.8 Å². The third-order valence-electron chi connectivity index (χ3n) is 3.30. The van der Waals surface area contributed by atoms with E-state index in [4.69, 9.17) is 4.52 Å². The van der Waals surface area contributed by atoms with Crippen molar-refractivity contribution in [1.29, 1.82) is 0 Å². The normalized spacial score (nSPS) is 12.2. The van der Waals surface area contributed by atoms with Crippen molar-refractivity contribution in [1.82, 2.24) is 14.9 Å². The minimum absolute atomic E-state index is 0.0141. The second-order valence-electron chi connectivity index (χ2n) is 5.17. The number of nitrogens with one attached hydrogen (secondary N) is 1. The highest BCUT2D eigenvalue weighted by Crippen LogP contribution is 2.22. The SMILES string of the molecule is Cc1cc(NC(=O)[C@@H](C)Cn2nc(C)c([N+](=O)[O-])c2C)no1. The number of anilines is 1. The van der Waals surface area contributed by atoms with Crippen molar-refractivity contribution in [2.45, 2.75) is 34.2 Å². The van der Waals surface area contributed by atoms with Crippen molar-refractivity contribution >= 4 is 17.4 Å². The maximum absolute atomic E-state index is 12.1. The summed E-state index contributed by atoms with van der Waals surface area (Å²) in [7, 11) is 0. The number of nitro groups is 1. The Morgan fingerprint density at radius 2 is 2.18 bits per heavy atom. The lowest BCUT2D eigenvalue weighted by molar-refractivity contribution is -0.386. The number of carbonyl (C=O) groups excluding carboxylic acids is 1. The summed E-state index contributed by atoms with van der Waals surface area (Å²) in [6, 6.07) is 1.61. The van der Waals surface area contributed by atoms with E-state index in [0.717, 1.165) is 0 Å². The first kappa shape index (κ1) is 15.7. The van der Waals surface area contributed by atoms with E-state index < -0.39 is 10.8 Å². The van der Waals surface area contributed by atoms with Crippen LogP contribution in [0.5, 0.6) is 0 Å². The number of hydrogen-bond donors (Lipinski definition) is 1. The second kappa shape index (κ2) is 5.96. The number of nitrogens with zero attached hydrogens (tertiary/aromatic N) is 4. The van der Waals surface area contributed by atoms with Gasteiger partial charge in [0, 0.05) is 6.07 Å². The van der Waals surface area contributed by atoms with Gasteiger partial charge in [-0.2, -0.15) is 5.10 Å². The average molecular weight is 307 g/mol. The van der Waals surface area contributed by atoms with Crippen molar-refractivity contribution in [3.05, 3.63) is 33.3 Å². The number of aromatic nitrogens is 3. The molecule has 0 aliphatic heterocycles. The maximum Gasteiger partial charge on any atom is 0.312 e. The predicted molar refractivity (Wildman–Crippen MR) is 77.4 cm³/mol. The summed E-state index contributed by atoms with van der Waals surface area (Å²) < 4.78 is 6.35. The van der Waals surface area contributed by atoms with Crippen LogP contribution in [0.1, 0.15) is 24.1 Å². The molecule has 0 aliphatic rings. The van der Waals surface area contributed by atoms with E-state index in [-0.39, 0.29) is 18.1 Å². The van der Waals surface area contributed by atoms with Crippen LogP contribution < -0.4 is 5.32 Å². The predicted octanol–water partition coefficient (Wildman–Crippen LogP) is 1.98. The van der Waals surface area contributed by atoms with E-state index >= 15 is 0 Å². The molecule has 9 heteroatoms. The highest BCUT2D eigenvalue weighted by atomic mass is 16.6. The first-order valence-electron chi connectivity index (χ1n) is 6.72. The van der Waals surface area contributed by atoms with E-state index in [9.17, 15) is 14.9 Å². The molecule has 0 aromatic carbocycles. The topological polar surface area (TPSA) is 116 Å². The fraction of sp³-hybridized carbons (Fsp3) is 0.462. The minimum Gasteiger partial charge on any atom is -0.360 e. The summed E-state index contributed by atoms with van der Waals surface area (Å²) in [6.45, 7) is 6.86. The summed E-state index contributed by atoms with van der Waals surface area (Å²) in [4.78, 5) is 22.6. The van der Waals surface area contributed by atoms with Crippen LogP contribution in [0.4, 0.5) is 11.5 Å². The number of hydrogen-bond acceptors (Lipinski definition) is 6. The third kappa shape index (κ3) is 3.13. The van der Waals surface area contributed by atoms with Crippen molar-refractivity contribution in [3.63, 3.8) is 0 Å². The molecule has 9 nitrogen and oxygen atoms in total. The van der Waals surface area contributed by atoms with E-state index in [1.165, 1.54) is 4.68 Å². The Morgan fingerprint density at radius 1 is 1.50 bits per heavy atom. The number of rotatable bonds is 5. The summed E-state index contributed by atoms with van der Waals surface area (Å²) in [5, 5.41) is 21.4. The van der Waals surface area contributed by atoms with Crippen LogP contribution in [-0.2, 0) is 11.3 Å². The molecule has 0 radical (unpaired) electrons. The average Bonchev–Trinajstić information content (AvgIpc) is 2.93. The highest BCUT2D eigenvalue weighted by Gasteiger charge is 2.24. The molecular weight excluding hydrogens is 290 g/mol. The van der Waals surface area contributed by atoms with Crippen LogP contribution in [0.25, 0.3) is 0 Å². The molecule has 0 bridgehead atoms. The lowest BCUT2D eigenvalue weighted by Gasteiger charge is -2.11. The molecule has 0 spiro atoms. The van der Waals surface area contributed by atoms with Gasteiger partial charge >= 0.3 is 5.69 Å². The monoisotopic (exact) mass is 307 g/mol. The molecule has 2 rings (SSSR count). The van der Waals surface area contributed by atoms with E-state index in [1.54, 1.807) is 33.8 Å². The van der Waals surface area contributed by atoms with E-state index in [1.807, 2.05) is 0 Å². The van der Waals surface area contributed by atoms with Gasteiger partial charge in [-0.3, -0.25) is 19.6 Å². The lowest BCUT2D eigenvalue weighted by Crippen LogP contribution is -2.25. The van der Waals surface area contributed by atoms with Gasteiger partial charge in [0.15, 0.2) is 5.82 Å². The van der Waals surface area contributed by atoms with Crippen molar-refractivity contribution in [3.8, 4) is 0 Å². The number of amides is 1. The Morgan fingerprint density at radius 3 is 2.68 bits per heavy atom. The van der Waals surface area contributed by atoms with E-state index in [0.29, 0.717) is 23.0 Å². The Hall–Kier alpha value is -2.71. The quantitative estimate of drug-likeness (QED) is 0.667. The van der Waals surface area contributed by atoms with Gasteiger partial charge in [-0.1, -0.05) is 12.1 Å². The zero-order valence-corrected chi connectivity index (χ0v) is 12.8. The van der Waals surface area contributed by atoms with Crippen LogP contribution in [0.15, 0.2) is 10.6 Å². The van der Waals surface area contributed by atoms with Gasteiger partial charge in [0.05, 0.1) is 17.4 Å². The number of carbonyl (C=O) groups is 1. The van der Waals surface area contributed by atoms with Crippen LogP contribution in [0.3, 0.4) is 0 Å². The summed E-state index contributed by atoms with van der Waals surface area (Å²) in [5.74, 6) is 0.240. The smallest absolute Gasteiger partial charge is 0.312 e. The Bertz CT molecular complexity index is 718. The van der Waals surface area contributed by atoms with Crippen molar-refractivity contribution < 1.29 is 14.2 Å². The van der Waals surface area contributed by atoms with Gasteiger partial charge in [0.1, 0.15) is 17.1 Å². The molecule has 0 aliphatic carbocycles.